The van der Waals surface area contributed by atoms with Crippen molar-refractivity contribution >= 4 is 15.7 Å². The SMILES string of the molecule is COc1ccc(S(=O)(=O)C(CNC(=O)C2CCCO2)c2ccccc2)cc1. The molecule has 1 fully saturated rings. The first-order chi connectivity index (χ1) is 13.0. The van der Waals surface area contributed by atoms with Crippen LogP contribution in [0.15, 0.2) is 59.5 Å². The van der Waals surface area contributed by atoms with E-state index in [9.17, 15) is 13.2 Å². The topological polar surface area (TPSA) is 81.7 Å². The average molecular weight is 389 g/mol. The number of carbonyl (C=O) groups excluding carboxylic acids is 1. The molecule has 1 heterocycles. The van der Waals surface area contributed by atoms with Gasteiger partial charge in [0.15, 0.2) is 9.84 Å². The quantitative estimate of drug-likeness (QED) is 0.787. The summed E-state index contributed by atoms with van der Waals surface area (Å²) in [6.07, 6.45) is 1.00. The molecule has 27 heavy (non-hydrogen) atoms. The molecule has 0 aliphatic carbocycles. The largest absolute Gasteiger partial charge is 0.497 e. The van der Waals surface area contributed by atoms with Crippen LogP contribution < -0.4 is 10.1 Å². The van der Waals surface area contributed by atoms with E-state index in [1.165, 1.54) is 19.2 Å². The Kier molecular flexibility index (Phi) is 6.13. The van der Waals surface area contributed by atoms with Gasteiger partial charge in [0.05, 0.1) is 12.0 Å². The maximum Gasteiger partial charge on any atom is 0.249 e. The van der Waals surface area contributed by atoms with Crippen molar-refractivity contribution in [2.75, 3.05) is 20.3 Å². The Morgan fingerprint density at radius 1 is 1.19 bits per heavy atom. The summed E-state index contributed by atoms with van der Waals surface area (Å²) in [7, 11) is -2.18. The van der Waals surface area contributed by atoms with Crippen molar-refractivity contribution < 1.29 is 22.7 Å². The number of benzene rings is 2. The summed E-state index contributed by atoms with van der Waals surface area (Å²) in [6.45, 7) is 0.543. The molecule has 2 aromatic rings. The van der Waals surface area contributed by atoms with Crippen molar-refractivity contribution in [1.82, 2.24) is 5.32 Å². The minimum atomic E-state index is -3.71. The second-order valence-electron chi connectivity index (χ2n) is 6.37. The lowest BCUT2D eigenvalue weighted by Gasteiger charge is -2.20. The molecule has 1 N–H and O–H groups in total. The van der Waals surface area contributed by atoms with Crippen molar-refractivity contribution in [3.05, 3.63) is 60.2 Å². The molecule has 2 unspecified atom stereocenters. The normalized spacial score (nSPS) is 18.0. The summed E-state index contributed by atoms with van der Waals surface area (Å²) in [6, 6.07) is 15.2. The zero-order chi connectivity index (χ0) is 19.3. The van der Waals surface area contributed by atoms with Crippen molar-refractivity contribution in [2.45, 2.75) is 29.1 Å². The summed E-state index contributed by atoms with van der Waals surface area (Å²) >= 11 is 0. The standard InChI is InChI=1S/C20H23NO5S/c1-25-16-9-11-17(12-10-16)27(23,24)19(15-6-3-2-4-7-15)14-21-20(22)18-8-5-13-26-18/h2-4,6-7,9-12,18-19H,5,8,13-14H2,1H3,(H,21,22). The molecule has 0 aromatic heterocycles. The van der Waals surface area contributed by atoms with Crippen molar-refractivity contribution in [2.24, 2.45) is 0 Å². The molecule has 1 aliphatic rings. The molecule has 2 atom stereocenters. The maximum absolute atomic E-state index is 13.2. The Morgan fingerprint density at radius 2 is 1.89 bits per heavy atom. The number of rotatable bonds is 7. The zero-order valence-corrected chi connectivity index (χ0v) is 15.9. The van der Waals surface area contributed by atoms with Gasteiger partial charge in [0, 0.05) is 13.2 Å². The lowest BCUT2D eigenvalue weighted by Crippen LogP contribution is -2.38. The lowest BCUT2D eigenvalue weighted by atomic mass is 10.1. The highest BCUT2D eigenvalue weighted by Gasteiger charge is 2.31. The molecular formula is C20H23NO5S. The monoisotopic (exact) mass is 389 g/mol. The Bertz CT molecular complexity index is 859. The number of carbonyl (C=O) groups is 1. The van der Waals surface area contributed by atoms with Gasteiger partial charge in [-0.15, -0.1) is 0 Å². The van der Waals surface area contributed by atoms with Crippen molar-refractivity contribution in [3.63, 3.8) is 0 Å². The summed E-state index contributed by atoms with van der Waals surface area (Å²) in [5, 5.41) is 1.86. The number of hydrogen-bond acceptors (Lipinski definition) is 5. The molecule has 0 spiro atoms. The third-order valence-corrected chi connectivity index (χ3v) is 6.73. The Balaban J connectivity index is 1.85. The summed E-state index contributed by atoms with van der Waals surface area (Å²) in [4.78, 5) is 12.5. The van der Waals surface area contributed by atoms with Crippen LogP contribution in [0.5, 0.6) is 5.75 Å². The third kappa shape index (κ3) is 4.48. The molecule has 1 amide bonds. The first kappa shape index (κ1) is 19.4. The van der Waals surface area contributed by atoms with Crippen LogP contribution in [0.2, 0.25) is 0 Å². The van der Waals surface area contributed by atoms with E-state index in [1.54, 1.807) is 36.4 Å². The number of ether oxygens (including phenoxy) is 2. The molecule has 7 heteroatoms. The number of methoxy groups -OCH3 is 1. The van der Waals surface area contributed by atoms with Gasteiger partial charge in [-0.2, -0.15) is 0 Å². The first-order valence-corrected chi connectivity index (χ1v) is 10.4. The predicted molar refractivity (Wildman–Crippen MR) is 101 cm³/mol. The van der Waals surface area contributed by atoms with Crippen LogP contribution in [0.25, 0.3) is 0 Å². The molecule has 6 nitrogen and oxygen atoms in total. The maximum atomic E-state index is 13.2. The van der Waals surface area contributed by atoms with Gasteiger partial charge in [-0.05, 0) is 42.7 Å². The van der Waals surface area contributed by atoms with E-state index < -0.39 is 21.2 Å². The summed E-state index contributed by atoms with van der Waals surface area (Å²) < 4.78 is 37.0. The highest BCUT2D eigenvalue weighted by atomic mass is 32.2. The van der Waals surface area contributed by atoms with E-state index in [-0.39, 0.29) is 17.3 Å². The second-order valence-corrected chi connectivity index (χ2v) is 8.50. The Morgan fingerprint density at radius 3 is 2.48 bits per heavy atom. The molecule has 2 aromatic carbocycles. The van der Waals surface area contributed by atoms with Gasteiger partial charge in [0.2, 0.25) is 5.91 Å². The van der Waals surface area contributed by atoms with E-state index in [1.807, 2.05) is 6.07 Å². The minimum absolute atomic E-state index is 0.0168. The fourth-order valence-corrected chi connectivity index (χ4v) is 4.76. The molecule has 0 radical (unpaired) electrons. The van der Waals surface area contributed by atoms with Gasteiger partial charge in [-0.25, -0.2) is 8.42 Å². The highest BCUT2D eigenvalue weighted by molar-refractivity contribution is 7.91. The fraction of sp³-hybridized carbons (Fsp3) is 0.350. The van der Waals surface area contributed by atoms with Crippen LogP contribution in [0.4, 0.5) is 0 Å². The molecule has 1 aliphatic heterocycles. The van der Waals surface area contributed by atoms with Crippen molar-refractivity contribution in [3.8, 4) is 5.75 Å². The van der Waals surface area contributed by atoms with E-state index >= 15 is 0 Å². The molecule has 0 saturated carbocycles. The molecule has 3 rings (SSSR count). The third-order valence-electron chi connectivity index (χ3n) is 4.62. The van der Waals surface area contributed by atoms with Crippen LogP contribution in [0.3, 0.4) is 0 Å². The summed E-state index contributed by atoms with van der Waals surface area (Å²) in [5.74, 6) is 0.315. The van der Waals surface area contributed by atoms with Gasteiger partial charge in [-0.3, -0.25) is 4.79 Å². The van der Waals surface area contributed by atoms with Crippen LogP contribution in [-0.4, -0.2) is 40.7 Å². The van der Waals surface area contributed by atoms with Gasteiger partial charge in [0.1, 0.15) is 17.1 Å². The Hall–Kier alpha value is -2.38. The lowest BCUT2D eigenvalue weighted by molar-refractivity contribution is -0.130. The predicted octanol–water partition coefficient (Wildman–Crippen LogP) is 2.51. The fourth-order valence-electron chi connectivity index (χ4n) is 3.10. The minimum Gasteiger partial charge on any atom is -0.497 e. The van der Waals surface area contributed by atoms with Gasteiger partial charge >= 0.3 is 0 Å². The van der Waals surface area contributed by atoms with Crippen molar-refractivity contribution in [1.29, 1.82) is 0 Å². The second kappa shape index (κ2) is 8.54. The van der Waals surface area contributed by atoms with Gasteiger partial charge in [0.25, 0.3) is 0 Å². The van der Waals surface area contributed by atoms with Crippen LogP contribution in [0.1, 0.15) is 23.7 Å². The van der Waals surface area contributed by atoms with Gasteiger partial charge in [-0.1, -0.05) is 30.3 Å². The first-order valence-electron chi connectivity index (χ1n) is 8.84. The molecule has 0 bridgehead atoms. The van der Waals surface area contributed by atoms with E-state index in [0.717, 1.165) is 6.42 Å². The van der Waals surface area contributed by atoms with Gasteiger partial charge < -0.3 is 14.8 Å². The van der Waals surface area contributed by atoms with Crippen LogP contribution >= 0.6 is 0 Å². The van der Waals surface area contributed by atoms with E-state index in [2.05, 4.69) is 5.32 Å². The van der Waals surface area contributed by atoms with Crippen LogP contribution in [0, 0.1) is 0 Å². The summed E-state index contributed by atoms with van der Waals surface area (Å²) in [5.41, 5.74) is 0.626. The number of nitrogens with one attached hydrogen (secondary N) is 1. The number of hydrogen-bond donors (Lipinski definition) is 1. The zero-order valence-electron chi connectivity index (χ0n) is 15.1. The van der Waals surface area contributed by atoms with E-state index in [0.29, 0.717) is 24.3 Å². The van der Waals surface area contributed by atoms with Crippen LogP contribution in [-0.2, 0) is 19.4 Å². The smallest absolute Gasteiger partial charge is 0.249 e. The number of sulfone groups is 1. The molecule has 144 valence electrons. The Labute approximate surface area is 159 Å². The number of amides is 1. The van der Waals surface area contributed by atoms with E-state index in [4.69, 9.17) is 9.47 Å². The molecular weight excluding hydrogens is 366 g/mol. The highest BCUT2D eigenvalue weighted by Crippen LogP contribution is 2.29. The average Bonchev–Trinajstić information content (AvgIpc) is 3.23. The molecule has 1 saturated heterocycles.